The van der Waals surface area contributed by atoms with Crippen molar-refractivity contribution >= 4 is 0 Å². The number of unbranched alkanes of at least 4 members (excludes halogenated alkanes) is 1. The predicted molar refractivity (Wildman–Crippen MR) is 83.8 cm³/mol. The monoisotopic (exact) mass is 308 g/mol. The maximum atomic E-state index is 2.70. The topological polar surface area (TPSA) is 7.68 Å². The van der Waals surface area contributed by atoms with Gasteiger partial charge in [-0.1, -0.05) is 43.7 Å². The number of nitrogens with zero attached hydrogens (tertiary/aromatic N) is 1. The summed E-state index contributed by atoms with van der Waals surface area (Å²) in [5.41, 5.74) is 1.47. The third kappa shape index (κ3) is 4.70. The minimum Gasteiger partial charge on any atom is -1.00 e. The first-order valence-electron chi connectivity index (χ1n) is 8.43. The van der Waals surface area contributed by atoms with Crippen LogP contribution >= 0.6 is 0 Å². The van der Waals surface area contributed by atoms with Crippen LogP contribution < -0.4 is 17.3 Å². The molecular weight excluding hydrogens is 280 g/mol. The number of hydrogen-bond donors (Lipinski definition) is 1. The van der Waals surface area contributed by atoms with Gasteiger partial charge in [0.15, 0.2) is 0 Å². The van der Waals surface area contributed by atoms with Crippen molar-refractivity contribution in [3.05, 3.63) is 35.9 Å². The zero-order valence-corrected chi connectivity index (χ0v) is 14.0. The quantitative estimate of drug-likeness (QED) is 0.720. The molecule has 2 saturated heterocycles. The van der Waals surface area contributed by atoms with E-state index in [0.717, 1.165) is 18.4 Å². The average Bonchev–Trinajstić information content (AvgIpc) is 2.45. The molecule has 2 atom stereocenters. The highest BCUT2D eigenvalue weighted by atomic mass is 35.5. The van der Waals surface area contributed by atoms with E-state index in [1.807, 2.05) is 4.90 Å². The van der Waals surface area contributed by atoms with Gasteiger partial charge < -0.3 is 17.3 Å². The molecule has 2 aliphatic heterocycles. The summed E-state index contributed by atoms with van der Waals surface area (Å²) < 4.78 is 0. The summed E-state index contributed by atoms with van der Waals surface area (Å²) in [4.78, 5) is 4.58. The largest absolute Gasteiger partial charge is 1.00 e. The summed E-state index contributed by atoms with van der Waals surface area (Å²) in [6.45, 7) is 10.3. The van der Waals surface area contributed by atoms with E-state index in [9.17, 15) is 0 Å². The molecule has 2 unspecified atom stereocenters. The third-order valence-corrected chi connectivity index (χ3v) is 4.99. The third-order valence-electron chi connectivity index (χ3n) is 4.99. The molecule has 2 heterocycles. The van der Waals surface area contributed by atoms with Crippen molar-refractivity contribution in [2.75, 3.05) is 32.7 Å². The molecule has 0 amide bonds. The molecule has 2 bridgehead atoms. The smallest absolute Gasteiger partial charge is 0.0812 e. The molecule has 2 fully saturated rings. The van der Waals surface area contributed by atoms with Crippen LogP contribution in [-0.4, -0.2) is 37.6 Å². The van der Waals surface area contributed by atoms with Gasteiger partial charge in [0, 0.05) is 31.5 Å². The van der Waals surface area contributed by atoms with Gasteiger partial charge in [0.2, 0.25) is 0 Å². The van der Waals surface area contributed by atoms with Crippen LogP contribution in [0.1, 0.15) is 31.7 Å². The Kier molecular flexibility index (Phi) is 6.53. The van der Waals surface area contributed by atoms with Crippen LogP contribution in [0.25, 0.3) is 0 Å². The number of halogens is 1. The van der Waals surface area contributed by atoms with E-state index in [0.29, 0.717) is 0 Å². The Morgan fingerprint density at radius 1 is 1.10 bits per heavy atom. The van der Waals surface area contributed by atoms with Crippen LogP contribution in [0.3, 0.4) is 0 Å². The first-order chi connectivity index (χ1) is 9.83. The Morgan fingerprint density at radius 3 is 2.38 bits per heavy atom. The van der Waals surface area contributed by atoms with Gasteiger partial charge in [-0.05, 0) is 18.4 Å². The first-order valence-corrected chi connectivity index (χ1v) is 8.43. The van der Waals surface area contributed by atoms with E-state index in [-0.39, 0.29) is 12.4 Å². The van der Waals surface area contributed by atoms with Crippen molar-refractivity contribution in [2.24, 2.45) is 11.8 Å². The highest BCUT2D eigenvalue weighted by molar-refractivity contribution is 5.14. The number of benzene rings is 1. The van der Waals surface area contributed by atoms with Gasteiger partial charge in [0.1, 0.15) is 0 Å². The Bertz CT molecular complexity index is 395. The summed E-state index contributed by atoms with van der Waals surface area (Å²) in [7, 11) is 0. The number of quaternary nitrogens is 1. The van der Waals surface area contributed by atoms with Crippen molar-refractivity contribution in [1.82, 2.24) is 4.90 Å². The van der Waals surface area contributed by atoms with Crippen LogP contribution in [0, 0.1) is 11.8 Å². The maximum Gasteiger partial charge on any atom is 0.0812 e. The number of piperidine rings is 2. The average molecular weight is 309 g/mol. The second-order valence-corrected chi connectivity index (χ2v) is 6.91. The second kappa shape index (κ2) is 8.17. The molecule has 0 radical (unpaired) electrons. The van der Waals surface area contributed by atoms with E-state index < -0.39 is 0 Å². The second-order valence-electron chi connectivity index (χ2n) is 6.91. The standard InChI is InChI=1S/C18H28N2.ClH/c1-2-3-9-19-12-17-10-18(13-19)15-20(14-17)11-16-7-5-4-6-8-16;/h4-8,17-18H,2-3,9-15H2,1H3;1H. The lowest BCUT2D eigenvalue weighted by atomic mass is 9.84. The normalized spacial score (nSPS) is 28.9. The summed E-state index contributed by atoms with van der Waals surface area (Å²) in [6, 6.07) is 11.0. The Morgan fingerprint density at radius 2 is 1.76 bits per heavy atom. The fourth-order valence-corrected chi connectivity index (χ4v) is 4.22. The van der Waals surface area contributed by atoms with E-state index in [4.69, 9.17) is 0 Å². The van der Waals surface area contributed by atoms with Crippen LogP contribution in [0.5, 0.6) is 0 Å². The number of nitrogens with one attached hydrogen (secondary N) is 1. The van der Waals surface area contributed by atoms with Crippen LogP contribution in [0.2, 0.25) is 0 Å². The molecule has 3 rings (SSSR count). The van der Waals surface area contributed by atoms with E-state index in [2.05, 4.69) is 42.2 Å². The molecule has 21 heavy (non-hydrogen) atoms. The molecule has 1 aromatic carbocycles. The van der Waals surface area contributed by atoms with E-state index in [1.54, 1.807) is 0 Å². The molecular formula is C18H29ClN2. The molecule has 0 aliphatic carbocycles. The van der Waals surface area contributed by atoms with Gasteiger partial charge in [-0.25, -0.2) is 0 Å². The molecule has 1 aromatic rings. The minimum atomic E-state index is 0. The maximum absolute atomic E-state index is 2.70. The molecule has 0 saturated carbocycles. The van der Waals surface area contributed by atoms with Gasteiger partial charge in [-0.3, -0.25) is 4.90 Å². The molecule has 2 aliphatic rings. The van der Waals surface area contributed by atoms with Gasteiger partial charge in [-0.15, -0.1) is 0 Å². The summed E-state index contributed by atoms with van der Waals surface area (Å²) >= 11 is 0. The lowest BCUT2D eigenvalue weighted by molar-refractivity contribution is -0.913. The zero-order valence-electron chi connectivity index (χ0n) is 13.2. The fourth-order valence-electron chi connectivity index (χ4n) is 4.22. The SMILES string of the molecule is CCCC[NH+]1CC2CC(CN(Cc3ccccc3)C2)C1.[Cl-]. The molecule has 0 aromatic heterocycles. The Labute approximate surface area is 135 Å². The highest BCUT2D eigenvalue weighted by Crippen LogP contribution is 2.24. The van der Waals surface area contributed by atoms with Crippen LogP contribution in [0.4, 0.5) is 0 Å². The van der Waals surface area contributed by atoms with E-state index in [1.165, 1.54) is 57.5 Å². The predicted octanol–water partition coefficient (Wildman–Crippen LogP) is -1.17. The lowest BCUT2D eigenvalue weighted by Crippen LogP contribution is -3.15. The van der Waals surface area contributed by atoms with Gasteiger partial charge in [0.25, 0.3) is 0 Å². The molecule has 2 nitrogen and oxygen atoms in total. The summed E-state index contributed by atoms with van der Waals surface area (Å²) in [5, 5.41) is 0. The van der Waals surface area contributed by atoms with Crippen LogP contribution in [0.15, 0.2) is 30.3 Å². The van der Waals surface area contributed by atoms with Gasteiger partial charge in [0.05, 0.1) is 19.6 Å². The van der Waals surface area contributed by atoms with Crippen molar-refractivity contribution in [2.45, 2.75) is 32.7 Å². The van der Waals surface area contributed by atoms with Crippen molar-refractivity contribution in [3.8, 4) is 0 Å². The fraction of sp³-hybridized carbons (Fsp3) is 0.667. The highest BCUT2D eigenvalue weighted by Gasteiger charge is 2.36. The molecule has 3 heteroatoms. The summed E-state index contributed by atoms with van der Waals surface area (Å²) in [6.07, 6.45) is 4.24. The van der Waals surface area contributed by atoms with Crippen molar-refractivity contribution in [1.29, 1.82) is 0 Å². The van der Waals surface area contributed by atoms with Crippen molar-refractivity contribution < 1.29 is 17.3 Å². The zero-order chi connectivity index (χ0) is 13.8. The minimum absolute atomic E-state index is 0. The van der Waals surface area contributed by atoms with Crippen LogP contribution in [-0.2, 0) is 6.54 Å². The number of fused-ring (bicyclic) bond motifs is 2. The number of likely N-dealkylation sites (tertiary alicyclic amines) is 2. The Hall–Kier alpha value is -0.570. The number of hydrogen-bond acceptors (Lipinski definition) is 1. The molecule has 118 valence electrons. The number of rotatable bonds is 5. The van der Waals surface area contributed by atoms with Crippen molar-refractivity contribution in [3.63, 3.8) is 0 Å². The first kappa shape index (κ1) is 16.8. The molecule has 0 spiro atoms. The summed E-state index contributed by atoms with van der Waals surface area (Å²) in [5.74, 6) is 1.89. The lowest BCUT2D eigenvalue weighted by Gasteiger charge is -2.43. The van der Waals surface area contributed by atoms with E-state index >= 15 is 0 Å². The van der Waals surface area contributed by atoms with Gasteiger partial charge >= 0.3 is 0 Å². The van der Waals surface area contributed by atoms with Gasteiger partial charge in [-0.2, -0.15) is 0 Å². The Balaban J connectivity index is 0.00000161. The molecule has 1 N–H and O–H groups in total.